The number of ketones is 1. The van der Waals surface area contributed by atoms with E-state index in [1.807, 2.05) is 0 Å². The number of benzene rings is 1. The number of rotatable bonds is 4. The minimum absolute atomic E-state index is 0.191. The Morgan fingerprint density at radius 2 is 1.94 bits per heavy atom. The molecule has 92 valence electrons. The predicted octanol–water partition coefficient (Wildman–Crippen LogP) is 3.18. The summed E-state index contributed by atoms with van der Waals surface area (Å²) in [6, 6.07) is 4.46. The van der Waals surface area contributed by atoms with Gasteiger partial charge in [-0.05, 0) is 25.1 Å². The first-order valence-corrected chi connectivity index (χ1v) is 5.67. The molecule has 0 saturated carbocycles. The molecule has 0 aromatic heterocycles. The summed E-state index contributed by atoms with van der Waals surface area (Å²) in [5.74, 6) is -0.312. The SMILES string of the molecule is CCN(CC(=O)c1ccc(Cl)c(Cl)c1)C(=O)O. The average molecular weight is 276 g/mol. The third-order valence-electron chi connectivity index (χ3n) is 2.23. The number of nitrogens with zero attached hydrogens (tertiary/aromatic N) is 1. The Bertz CT molecular complexity index is 448. The van der Waals surface area contributed by atoms with Gasteiger partial charge in [0.25, 0.3) is 0 Å². The van der Waals surface area contributed by atoms with Gasteiger partial charge in [0.05, 0.1) is 16.6 Å². The van der Waals surface area contributed by atoms with Crippen molar-refractivity contribution in [3.05, 3.63) is 33.8 Å². The van der Waals surface area contributed by atoms with Gasteiger partial charge < -0.3 is 10.0 Å². The summed E-state index contributed by atoms with van der Waals surface area (Å²) in [6.07, 6.45) is -1.12. The number of carbonyl (C=O) groups excluding carboxylic acids is 1. The molecule has 1 aromatic carbocycles. The number of carbonyl (C=O) groups is 2. The molecule has 0 aliphatic carbocycles. The predicted molar refractivity (Wildman–Crippen MR) is 66.1 cm³/mol. The fraction of sp³-hybridized carbons (Fsp3) is 0.273. The second-order valence-corrected chi connectivity index (χ2v) is 4.16. The van der Waals surface area contributed by atoms with Crippen LogP contribution < -0.4 is 0 Å². The highest BCUT2D eigenvalue weighted by atomic mass is 35.5. The maximum atomic E-state index is 11.8. The van der Waals surface area contributed by atoms with E-state index in [4.69, 9.17) is 28.3 Å². The van der Waals surface area contributed by atoms with Crippen LogP contribution in [0.2, 0.25) is 10.0 Å². The third-order valence-corrected chi connectivity index (χ3v) is 2.97. The fourth-order valence-electron chi connectivity index (χ4n) is 1.25. The lowest BCUT2D eigenvalue weighted by Crippen LogP contribution is -2.34. The normalized spacial score (nSPS) is 10.1. The van der Waals surface area contributed by atoms with Crippen molar-refractivity contribution >= 4 is 35.1 Å². The number of amides is 1. The molecule has 1 aromatic rings. The van der Waals surface area contributed by atoms with Gasteiger partial charge >= 0.3 is 6.09 Å². The molecule has 0 aliphatic rings. The molecule has 0 aliphatic heterocycles. The van der Waals surface area contributed by atoms with Crippen LogP contribution in [0.4, 0.5) is 4.79 Å². The number of carboxylic acid groups (broad SMARTS) is 1. The molecule has 0 radical (unpaired) electrons. The lowest BCUT2D eigenvalue weighted by atomic mass is 10.1. The Labute approximate surface area is 109 Å². The fourth-order valence-corrected chi connectivity index (χ4v) is 1.55. The van der Waals surface area contributed by atoms with Crippen molar-refractivity contribution in [2.24, 2.45) is 0 Å². The molecule has 0 heterocycles. The quantitative estimate of drug-likeness (QED) is 0.859. The van der Waals surface area contributed by atoms with Crippen molar-refractivity contribution < 1.29 is 14.7 Å². The molecule has 0 bridgehead atoms. The monoisotopic (exact) mass is 275 g/mol. The molecule has 1 rings (SSSR count). The van der Waals surface area contributed by atoms with E-state index in [2.05, 4.69) is 0 Å². The van der Waals surface area contributed by atoms with Gasteiger partial charge in [0.2, 0.25) is 0 Å². The highest BCUT2D eigenvalue weighted by Gasteiger charge is 2.16. The molecule has 4 nitrogen and oxygen atoms in total. The molecule has 17 heavy (non-hydrogen) atoms. The van der Waals surface area contributed by atoms with Crippen LogP contribution in [0.5, 0.6) is 0 Å². The molecule has 0 saturated heterocycles. The van der Waals surface area contributed by atoms with Gasteiger partial charge in [-0.25, -0.2) is 4.79 Å². The van der Waals surface area contributed by atoms with E-state index in [1.54, 1.807) is 6.92 Å². The maximum absolute atomic E-state index is 11.8. The van der Waals surface area contributed by atoms with Crippen molar-refractivity contribution in [1.82, 2.24) is 4.90 Å². The van der Waals surface area contributed by atoms with Crippen LogP contribution in [0.3, 0.4) is 0 Å². The zero-order valence-electron chi connectivity index (χ0n) is 9.11. The van der Waals surface area contributed by atoms with Crippen LogP contribution in [-0.4, -0.2) is 35.0 Å². The highest BCUT2D eigenvalue weighted by Crippen LogP contribution is 2.22. The summed E-state index contributed by atoms with van der Waals surface area (Å²) in [5.41, 5.74) is 0.346. The van der Waals surface area contributed by atoms with Crippen molar-refractivity contribution in [3.63, 3.8) is 0 Å². The van der Waals surface area contributed by atoms with Crippen molar-refractivity contribution in [2.75, 3.05) is 13.1 Å². The molecule has 1 N–H and O–H groups in total. The second kappa shape index (κ2) is 5.89. The Balaban J connectivity index is 2.82. The van der Waals surface area contributed by atoms with E-state index < -0.39 is 6.09 Å². The zero-order valence-corrected chi connectivity index (χ0v) is 10.6. The van der Waals surface area contributed by atoms with Gasteiger partial charge in [-0.1, -0.05) is 23.2 Å². The lowest BCUT2D eigenvalue weighted by molar-refractivity contribution is 0.0913. The summed E-state index contributed by atoms with van der Waals surface area (Å²) in [4.78, 5) is 23.5. The van der Waals surface area contributed by atoms with Gasteiger partial charge in [0, 0.05) is 12.1 Å². The van der Waals surface area contributed by atoms with Crippen molar-refractivity contribution in [1.29, 1.82) is 0 Å². The Hall–Kier alpha value is -1.26. The standard InChI is InChI=1S/C11H11Cl2NO3/c1-2-14(11(16)17)6-10(15)7-3-4-8(12)9(13)5-7/h3-5H,2,6H2,1H3,(H,16,17). The molecule has 6 heteroatoms. The van der Waals surface area contributed by atoms with E-state index in [1.165, 1.54) is 18.2 Å². The molecule has 0 fully saturated rings. The smallest absolute Gasteiger partial charge is 0.407 e. The minimum atomic E-state index is -1.12. The van der Waals surface area contributed by atoms with Gasteiger partial charge in [-0.3, -0.25) is 4.79 Å². The Kier molecular flexibility index (Phi) is 4.78. The van der Waals surface area contributed by atoms with Crippen molar-refractivity contribution in [2.45, 2.75) is 6.92 Å². The van der Waals surface area contributed by atoms with E-state index in [0.29, 0.717) is 10.6 Å². The van der Waals surface area contributed by atoms with Crippen molar-refractivity contribution in [3.8, 4) is 0 Å². The summed E-state index contributed by atoms with van der Waals surface area (Å²) in [7, 11) is 0. The first-order chi connectivity index (χ1) is 7.95. The summed E-state index contributed by atoms with van der Waals surface area (Å²) in [6.45, 7) is 1.72. The van der Waals surface area contributed by atoms with Crippen LogP contribution in [-0.2, 0) is 0 Å². The van der Waals surface area contributed by atoms with E-state index >= 15 is 0 Å². The first kappa shape index (κ1) is 13.8. The van der Waals surface area contributed by atoms with E-state index in [9.17, 15) is 9.59 Å². The van der Waals surface area contributed by atoms with Gasteiger partial charge in [-0.2, -0.15) is 0 Å². The van der Waals surface area contributed by atoms with E-state index in [-0.39, 0.29) is 23.9 Å². The van der Waals surface area contributed by atoms with Crippen LogP contribution >= 0.6 is 23.2 Å². The zero-order chi connectivity index (χ0) is 13.0. The van der Waals surface area contributed by atoms with Crippen LogP contribution in [0.15, 0.2) is 18.2 Å². The van der Waals surface area contributed by atoms with Crippen LogP contribution in [0.1, 0.15) is 17.3 Å². The number of hydrogen-bond acceptors (Lipinski definition) is 2. The van der Waals surface area contributed by atoms with Crippen LogP contribution in [0.25, 0.3) is 0 Å². The number of hydrogen-bond donors (Lipinski definition) is 1. The van der Waals surface area contributed by atoms with Crippen LogP contribution in [0, 0.1) is 0 Å². The molecule has 0 spiro atoms. The molecule has 0 atom stereocenters. The topological polar surface area (TPSA) is 57.6 Å². The molecular weight excluding hydrogens is 265 g/mol. The largest absolute Gasteiger partial charge is 0.465 e. The molecule has 1 amide bonds. The summed E-state index contributed by atoms with van der Waals surface area (Å²) in [5, 5.41) is 9.42. The number of halogens is 2. The van der Waals surface area contributed by atoms with Gasteiger partial charge in [-0.15, -0.1) is 0 Å². The molecule has 0 unspecified atom stereocenters. The number of likely N-dealkylation sites (N-methyl/N-ethyl adjacent to an activating group) is 1. The average Bonchev–Trinajstić information content (AvgIpc) is 2.28. The maximum Gasteiger partial charge on any atom is 0.407 e. The summed E-state index contributed by atoms with van der Waals surface area (Å²) >= 11 is 11.5. The third kappa shape index (κ3) is 3.61. The lowest BCUT2D eigenvalue weighted by Gasteiger charge is -2.15. The van der Waals surface area contributed by atoms with Gasteiger partial charge in [0.15, 0.2) is 5.78 Å². The Morgan fingerprint density at radius 1 is 1.29 bits per heavy atom. The Morgan fingerprint density at radius 3 is 2.41 bits per heavy atom. The molecular formula is C11H11Cl2NO3. The first-order valence-electron chi connectivity index (χ1n) is 4.91. The highest BCUT2D eigenvalue weighted by molar-refractivity contribution is 6.42. The summed E-state index contributed by atoms with van der Waals surface area (Å²) < 4.78 is 0. The van der Waals surface area contributed by atoms with E-state index in [0.717, 1.165) is 4.90 Å². The minimum Gasteiger partial charge on any atom is -0.465 e. The number of Topliss-reactive ketones (excluding diaryl/α,β-unsaturated/α-hetero) is 1. The second-order valence-electron chi connectivity index (χ2n) is 3.35. The van der Waals surface area contributed by atoms with Gasteiger partial charge in [0.1, 0.15) is 0 Å².